The Morgan fingerprint density at radius 3 is 2.46 bits per heavy atom. The van der Waals surface area contributed by atoms with Crippen molar-refractivity contribution in [1.82, 2.24) is 0 Å². The monoisotopic (exact) mass is 390 g/mol. The number of hydrogen-bond donors (Lipinski definition) is 0. The van der Waals surface area contributed by atoms with E-state index < -0.39 is 30.2 Å². The average Bonchev–Trinajstić information content (AvgIpc) is 2.67. The maximum absolute atomic E-state index is 13.0. The summed E-state index contributed by atoms with van der Waals surface area (Å²) in [7, 11) is 0. The molecule has 0 N–H and O–H groups in total. The number of anilines is 1. The highest BCUT2D eigenvalue weighted by Gasteiger charge is 2.31. The van der Waals surface area contributed by atoms with Crippen molar-refractivity contribution in [2.45, 2.75) is 13.1 Å². The Bertz CT molecular complexity index is 878. The summed E-state index contributed by atoms with van der Waals surface area (Å²) in [4.78, 5) is 23.9. The van der Waals surface area contributed by atoms with E-state index >= 15 is 0 Å². The van der Waals surface area contributed by atoms with E-state index in [0.717, 1.165) is 23.2 Å². The van der Waals surface area contributed by atoms with Crippen LogP contribution in [0, 0.1) is 0 Å². The van der Waals surface area contributed by atoms with Gasteiger partial charge in [-0.3, -0.25) is 4.79 Å². The van der Waals surface area contributed by atoms with Crippen LogP contribution in [0.1, 0.15) is 18.1 Å². The molecule has 0 saturated carbocycles. The van der Waals surface area contributed by atoms with Crippen LogP contribution in [0.5, 0.6) is 0 Å². The van der Waals surface area contributed by atoms with Gasteiger partial charge < -0.3 is 4.74 Å². The van der Waals surface area contributed by atoms with Crippen molar-refractivity contribution >= 4 is 23.8 Å². The van der Waals surface area contributed by atoms with Gasteiger partial charge in [0.25, 0.3) is 5.91 Å². The number of amides is 1. The fourth-order valence-electron chi connectivity index (χ4n) is 2.13. The van der Waals surface area contributed by atoms with Crippen molar-refractivity contribution in [3.8, 4) is 0 Å². The Kier molecular flexibility index (Phi) is 7.08. The second-order valence-corrected chi connectivity index (χ2v) is 5.52. The van der Waals surface area contributed by atoms with Gasteiger partial charge in [0.1, 0.15) is 0 Å². The minimum atomic E-state index is -4.58. The van der Waals surface area contributed by atoms with E-state index in [2.05, 4.69) is 5.10 Å². The standard InChI is InChI=1S/C20H17F3N2O3/c1-2-7-19(27)28-14-18(26)25(24-13-15-8-4-3-5-9-15)17-11-6-10-16(12-17)20(21,22)23/h2-13H,14H2,1H3/b7-2+,24-13+. The molecule has 0 bridgehead atoms. The van der Waals surface area contributed by atoms with Crippen LogP contribution in [-0.4, -0.2) is 24.7 Å². The number of nitrogens with zero attached hydrogens (tertiary/aromatic N) is 2. The number of hydrogen-bond acceptors (Lipinski definition) is 4. The molecule has 0 spiro atoms. The molecule has 0 heterocycles. The van der Waals surface area contributed by atoms with Crippen molar-refractivity contribution in [2.75, 3.05) is 11.6 Å². The van der Waals surface area contributed by atoms with Crippen molar-refractivity contribution in [3.63, 3.8) is 0 Å². The smallest absolute Gasteiger partial charge is 0.416 e. The van der Waals surface area contributed by atoms with Gasteiger partial charge in [0, 0.05) is 6.08 Å². The molecule has 0 fully saturated rings. The molecule has 5 nitrogen and oxygen atoms in total. The first-order chi connectivity index (χ1) is 13.3. The molecule has 0 saturated heterocycles. The molecule has 2 rings (SSSR count). The van der Waals surface area contributed by atoms with Crippen LogP contribution in [-0.2, 0) is 20.5 Å². The summed E-state index contributed by atoms with van der Waals surface area (Å²) in [6.07, 6.45) is -0.696. The zero-order valence-electron chi connectivity index (χ0n) is 14.9. The lowest BCUT2D eigenvalue weighted by molar-refractivity contribution is -0.143. The summed E-state index contributed by atoms with van der Waals surface area (Å²) < 4.78 is 43.8. The number of benzene rings is 2. The summed E-state index contributed by atoms with van der Waals surface area (Å²) in [6.45, 7) is 0.924. The zero-order valence-corrected chi connectivity index (χ0v) is 14.9. The predicted molar refractivity (Wildman–Crippen MR) is 98.7 cm³/mol. The largest absolute Gasteiger partial charge is 0.452 e. The molecule has 8 heteroatoms. The van der Waals surface area contributed by atoms with Crippen molar-refractivity contribution in [1.29, 1.82) is 0 Å². The van der Waals surface area contributed by atoms with Gasteiger partial charge in [-0.05, 0) is 30.7 Å². The van der Waals surface area contributed by atoms with Gasteiger partial charge in [0.15, 0.2) is 6.61 Å². The summed E-state index contributed by atoms with van der Waals surface area (Å²) in [5.74, 6) is -1.55. The normalized spacial score (nSPS) is 11.7. The molecular weight excluding hydrogens is 373 g/mol. The van der Waals surface area contributed by atoms with Gasteiger partial charge in [-0.25, -0.2) is 4.79 Å². The number of rotatable bonds is 6. The maximum Gasteiger partial charge on any atom is 0.416 e. The van der Waals surface area contributed by atoms with Gasteiger partial charge in [0.2, 0.25) is 0 Å². The van der Waals surface area contributed by atoms with Gasteiger partial charge in [0.05, 0.1) is 17.5 Å². The van der Waals surface area contributed by atoms with Gasteiger partial charge >= 0.3 is 12.1 Å². The maximum atomic E-state index is 13.0. The summed E-state index contributed by atoms with van der Waals surface area (Å²) in [6, 6.07) is 12.9. The van der Waals surface area contributed by atoms with Crippen molar-refractivity contribution in [3.05, 3.63) is 77.9 Å². The molecule has 146 valence electrons. The fraction of sp³-hybridized carbons (Fsp3) is 0.150. The van der Waals surface area contributed by atoms with E-state index in [1.165, 1.54) is 24.4 Å². The van der Waals surface area contributed by atoms with Crippen molar-refractivity contribution in [2.24, 2.45) is 5.10 Å². The molecule has 28 heavy (non-hydrogen) atoms. The predicted octanol–water partition coefficient (Wildman–Crippen LogP) is 4.19. The van der Waals surface area contributed by atoms with Gasteiger partial charge in [-0.15, -0.1) is 0 Å². The van der Waals surface area contributed by atoms with E-state index in [1.54, 1.807) is 37.3 Å². The first-order valence-corrected chi connectivity index (χ1v) is 8.20. The molecule has 0 atom stereocenters. The van der Waals surface area contributed by atoms with E-state index in [0.29, 0.717) is 5.56 Å². The summed E-state index contributed by atoms with van der Waals surface area (Å²) in [5, 5.41) is 4.76. The summed E-state index contributed by atoms with van der Waals surface area (Å²) in [5.41, 5.74) is -0.393. The highest BCUT2D eigenvalue weighted by molar-refractivity contribution is 5.97. The van der Waals surface area contributed by atoms with Crippen LogP contribution in [0.3, 0.4) is 0 Å². The van der Waals surface area contributed by atoms with Crippen LogP contribution in [0.15, 0.2) is 71.9 Å². The number of ether oxygens (including phenoxy) is 1. The Labute approximate surface area is 159 Å². The Morgan fingerprint density at radius 2 is 1.82 bits per heavy atom. The Morgan fingerprint density at radius 1 is 1.11 bits per heavy atom. The lowest BCUT2D eigenvalue weighted by atomic mass is 10.2. The number of carbonyl (C=O) groups is 2. The highest BCUT2D eigenvalue weighted by atomic mass is 19.4. The topological polar surface area (TPSA) is 59.0 Å². The van der Waals surface area contributed by atoms with Gasteiger partial charge in [-0.1, -0.05) is 42.5 Å². The van der Waals surface area contributed by atoms with Crippen LogP contribution >= 0.6 is 0 Å². The first-order valence-electron chi connectivity index (χ1n) is 8.20. The molecular formula is C20H17F3N2O3. The fourth-order valence-corrected chi connectivity index (χ4v) is 2.13. The Balaban J connectivity index is 2.32. The minimum absolute atomic E-state index is 0.103. The van der Waals surface area contributed by atoms with Gasteiger partial charge in [-0.2, -0.15) is 23.3 Å². The number of esters is 1. The van der Waals surface area contributed by atoms with E-state index in [-0.39, 0.29) is 5.69 Å². The second-order valence-electron chi connectivity index (χ2n) is 5.52. The number of halogens is 3. The third-order valence-corrected chi connectivity index (χ3v) is 3.42. The quantitative estimate of drug-likeness (QED) is 0.322. The van der Waals surface area contributed by atoms with E-state index in [4.69, 9.17) is 4.74 Å². The number of carbonyl (C=O) groups excluding carboxylic acids is 2. The number of allylic oxidation sites excluding steroid dienone is 1. The lowest BCUT2D eigenvalue weighted by Gasteiger charge is -2.18. The molecule has 0 radical (unpaired) electrons. The molecule has 2 aromatic rings. The second kappa shape index (κ2) is 9.50. The molecule has 0 aliphatic heterocycles. The molecule has 0 aliphatic rings. The molecule has 1 amide bonds. The lowest BCUT2D eigenvalue weighted by Crippen LogP contribution is -2.30. The average molecular weight is 390 g/mol. The molecule has 0 aromatic heterocycles. The number of alkyl halides is 3. The van der Waals surface area contributed by atoms with E-state index in [9.17, 15) is 22.8 Å². The SMILES string of the molecule is C/C=C/C(=O)OCC(=O)N(/N=C/c1ccccc1)c1cccc(C(F)(F)F)c1. The number of hydrazone groups is 1. The van der Waals surface area contributed by atoms with Crippen LogP contribution in [0.4, 0.5) is 18.9 Å². The third kappa shape index (κ3) is 6.08. The zero-order chi connectivity index (χ0) is 20.6. The molecule has 2 aromatic carbocycles. The van der Waals surface area contributed by atoms with E-state index in [1.807, 2.05) is 0 Å². The first kappa shape index (κ1) is 20.9. The minimum Gasteiger partial charge on any atom is -0.452 e. The third-order valence-electron chi connectivity index (χ3n) is 3.42. The molecule has 0 unspecified atom stereocenters. The van der Waals surface area contributed by atoms with Crippen LogP contribution in [0.25, 0.3) is 0 Å². The van der Waals surface area contributed by atoms with Crippen LogP contribution < -0.4 is 5.01 Å². The Hall–Kier alpha value is -3.42. The van der Waals surface area contributed by atoms with Crippen molar-refractivity contribution < 1.29 is 27.5 Å². The van der Waals surface area contributed by atoms with Crippen LogP contribution in [0.2, 0.25) is 0 Å². The summed E-state index contributed by atoms with van der Waals surface area (Å²) >= 11 is 0. The highest BCUT2D eigenvalue weighted by Crippen LogP contribution is 2.31. The molecule has 0 aliphatic carbocycles.